The fraction of sp³-hybridized carbons (Fsp3) is 0.591. The summed E-state index contributed by atoms with van der Waals surface area (Å²) in [6, 6.07) is 4.27. The van der Waals surface area contributed by atoms with Gasteiger partial charge in [-0.05, 0) is 48.8 Å². The first-order valence-electron chi connectivity index (χ1n) is 9.20. The number of methoxy groups -OCH3 is 2. The first-order chi connectivity index (χ1) is 11.7. The minimum atomic E-state index is -0.383. The molecular formula is C22H30O3. The molecule has 0 unspecified atom stereocenters. The van der Waals surface area contributed by atoms with Crippen LogP contribution in [0.15, 0.2) is 24.0 Å². The maximum Gasteiger partial charge on any atom is 0.164 e. The number of hydrogen-bond donors (Lipinski definition) is 0. The highest BCUT2D eigenvalue weighted by Gasteiger charge is 2.56. The highest BCUT2D eigenvalue weighted by molar-refractivity contribution is 5.97. The number of carbonyl (C=O) groups is 1. The van der Waals surface area contributed by atoms with Crippen molar-refractivity contribution in [2.45, 2.75) is 58.8 Å². The molecule has 25 heavy (non-hydrogen) atoms. The lowest BCUT2D eigenvalue weighted by Gasteiger charge is -2.52. The number of benzene rings is 1. The molecule has 0 bridgehead atoms. The Hall–Kier alpha value is -1.77. The molecular weight excluding hydrogens is 312 g/mol. The second-order valence-corrected chi connectivity index (χ2v) is 8.45. The summed E-state index contributed by atoms with van der Waals surface area (Å²) in [5.74, 6) is 2.55. The molecule has 0 saturated heterocycles. The fourth-order valence-corrected chi connectivity index (χ4v) is 5.26. The van der Waals surface area contributed by atoms with Gasteiger partial charge in [-0.2, -0.15) is 0 Å². The third-order valence-corrected chi connectivity index (χ3v) is 6.55. The van der Waals surface area contributed by atoms with E-state index in [1.807, 2.05) is 0 Å². The Balaban J connectivity index is 2.31. The molecule has 2 aliphatic carbocycles. The number of fused-ring (bicyclic) bond motifs is 3. The number of allylic oxidation sites excluding steroid dienone is 2. The minimum Gasteiger partial charge on any atom is -0.500 e. The average Bonchev–Trinajstić information content (AvgIpc) is 2.56. The Morgan fingerprint density at radius 2 is 1.80 bits per heavy atom. The van der Waals surface area contributed by atoms with Crippen LogP contribution in [0.25, 0.3) is 0 Å². The monoisotopic (exact) mass is 342 g/mol. The summed E-state index contributed by atoms with van der Waals surface area (Å²) in [7, 11) is 3.42. The van der Waals surface area contributed by atoms with Gasteiger partial charge in [-0.25, -0.2) is 0 Å². The van der Waals surface area contributed by atoms with E-state index in [0.717, 1.165) is 24.4 Å². The fourth-order valence-electron chi connectivity index (χ4n) is 5.26. The largest absolute Gasteiger partial charge is 0.500 e. The molecule has 3 heteroatoms. The Kier molecular flexibility index (Phi) is 4.25. The number of carbonyl (C=O) groups excluding carboxylic acids is 1. The zero-order chi connectivity index (χ0) is 18.6. The van der Waals surface area contributed by atoms with Gasteiger partial charge in [0.1, 0.15) is 11.5 Å². The molecule has 3 rings (SSSR count). The average molecular weight is 342 g/mol. The topological polar surface area (TPSA) is 35.5 Å². The zero-order valence-electron chi connectivity index (χ0n) is 16.5. The van der Waals surface area contributed by atoms with Gasteiger partial charge in [0.05, 0.1) is 19.6 Å². The predicted octanol–water partition coefficient (Wildman–Crippen LogP) is 4.78. The smallest absolute Gasteiger partial charge is 0.164 e. The number of hydrogen-bond acceptors (Lipinski definition) is 3. The second kappa shape index (κ2) is 5.89. The van der Waals surface area contributed by atoms with E-state index in [1.165, 1.54) is 16.7 Å². The quantitative estimate of drug-likeness (QED) is 0.793. The van der Waals surface area contributed by atoms with Crippen LogP contribution < -0.4 is 4.74 Å². The summed E-state index contributed by atoms with van der Waals surface area (Å²) < 4.78 is 11.4. The Labute approximate surface area is 151 Å². The highest BCUT2D eigenvalue weighted by Crippen LogP contribution is 2.57. The van der Waals surface area contributed by atoms with Gasteiger partial charge in [0.2, 0.25) is 0 Å². The summed E-state index contributed by atoms with van der Waals surface area (Å²) in [5.41, 5.74) is 3.30. The van der Waals surface area contributed by atoms with Crippen LogP contribution in [0, 0.1) is 11.3 Å². The normalized spacial score (nSPS) is 27.4. The molecule has 136 valence electrons. The standard InChI is InChI=1S/C22H30O3/c1-13(2)20-14-8-11-17-21(3,4)18(23)12-19(25-7)22(17,5)15(14)9-10-16(20)24-6/h9-10,12-13,17H,8,11H2,1-7H3/t17-,22+/m0/s1. The van der Waals surface area contributed by atoms with E-state index in [9.17, 15) is 4.79 Å². The molecule has 2 atom stereocenters. The van der Waals surface area contributed by atoms with Crippen LogP contribution >= 0.6 is 0 Å². The van der Waals surface area contributed by atoms with Crippen LogP contribution in [0.1, 0.15) is 63.6 Å². The van der Waals surface area contributed by atoms with E-state index in [1.54, 1.807) is 20.3 Å². The molecule has 0 aromatic heterocycles. The van der Waals surface area contributed by atoms with Crippen molar-refractivity contribution in [3.8, 4) is 5.75 Å². The van der Waals surface area contributed by atoms with Gasteiger partial charge >= 0.3 is 0 Å². The molecule has 2 aliphatic rings. The van der Waals surface area contributed by atoms with Crippen LogP contribution in [-0.2, 0) is 21.4 Å². The van der Waals surface area contributed by atoms with Crippen LogP contribution in [0.5, 0.6) is 5.75 Å². The van der Waals surface area contributed by atoms with Crippen molar-refractivity contribution in [3.63, 3.8) is 0 Å². The molecule has 0 amide bonds. The van der Waals surface area contributed by atoms with Gasteiger partial charge in [-0.3, -0.25) is 4.79 Å². The Morgan fingerprint density at radius 1 is 1.12 bits per heavy atom. The van der Waals surface area contributed by atoms with Crippen LogP contribution in [0.3, 0.4) is 0 Å². The summed E-state index contributed by atoms with van der Waals surface area (Å²) >= 11 is 0. The lowest BCUT2D eigenvalue weighted by atomic mass is 9.51. The van der Waals surface area contributed by atoms with Crippen molar-refractivity contribution < 1.29 is 14.3 Å². The first kappa shape index (κ1) is 18.0. The summed E-state index contributed by atoms with van der Waals surface area (Å²) in [4.78, 5) is 12.7. The van der Waals surface area contributed by atoms with E-state index in [-0.39, 0.29) is 22.5 Å². The molecule has 0 radical (unpaired) electrons. The maximum atomic E-state index is 12.7. The molecule has 1 aromatic carbocycles. The molecule has 0 fully saturated rings. The van der Waals surface area contributed by atoms with Gasteiger partial charge in [-0.1, -0.05) is 33.8 Å². The number of ether oxygens (including phenoxy) is 2. The van der Waals surface area contributed by atoms with Crippen molar-refractivity contribution in [1.29, 1.82) is 0 Å². The lowest BCUT2D eigenvalue weighted by Crippen LogP contribution is -2.52. The minimum absolute atomic E-state index is 0.174. The number of ketones is 1. The van der Waals surface area contributed by atoms with E-state index < -0.39 is 0 Å². The third kappa shape index (κ3) is 2.35. The van der Waals surface area contributed by atoms with Crippen molar-refractivity contribution in [1.82, 2.24) is 0 Å². The van der Waals surface area contributed by atoms with E-state index >= 15 is 0 Å². The summed E-state index contributed by atoms with van der Waals surface area (Å²) in [6.07, 6.45) is 3.69. The maximum absolute atomic E-state index is 12.7. The molecule has 1 aromatic rings. The van der Waals surface area contributed by atoms with Crippen molar-refractivity contribution >= 4 is 5.78 Å². The van der Waals surface area contributed by atoms with Crippen molar-refractivity contribution in [2.75, 3.05) is 14.2 Å². The first-order valence-corrected chi connectivity index (χ1v) is 9.20. The van der Waals surface area contributed by atoms with Crippen LogP contribution in [-0.4, -0.2) is 20.0 Å². The van der Waals surface area contributed by atoms with Crippen molar-refractivity contribution in [3.05, 3.63) is 40.7 Å². The Bertz CT molecular complexity index is 742. The molecule has 0 aliphatic heterocycles. The van der Waals surface area contributed by atoms with E-state index in [0.29, 0.717) is 5.92 Å². The van der Waals surface area contributed by atoms with Crippen molar-refractivity contribution in [2.24, 2.45) is 11.3 Å². The number of rotatable bonds is 3. The zero-order valence-corrected chi connectivity index (χ0v) is 16.5. The molecule has 0 spiro atoms. The van der Waals surface area contributed by atoms with E-state index in [2.05, 4.69) is 46.8 Å². The molecule has 0 saturated carbocycles. The van der Waals surface area contributed by atoms with Gasteiger partial charge in [0, 0.05) is 17.1 Å². The Morgan fingerprint density at radius 3 is 2.36 bits per heavy atom. The SMILES string of the molecule is COC1=CC(=O)C(C)(C)[C@@H]2CCc3c(ccc(OC)c3C(C)C)[C@@]12C. The van der Waals surface area contributed by atoms with Gasteiger partial charge in [-0.15, -0.1) is 0 Å². The summed E-state index contributed by atoms with van der Waals surface area (Å²) in [6.45, 7) is 10.8. The molecule has 0 N–H and O–H groups in total. The molecule has 3 nitrogen and oxygen atoms in total. The van der Waals surface area contributed by atoms with Crippen LogP contribution in [0.4, 0.5) is 0 Å². The van der Waals surface area contributed by atoms with Gasteiger partial charge < -0.3 is 9.47 Å². The second-order valence-electron chi connectivity index (χ2n) is 8.45. The van der Waals surface area contributed by atoms with Crippen LogP contribution in [0.2, 0.25) is 0 Å². The highest BCUT2D eigenvalue weighted by atomic mass is 16.5. The third-order valence-electron chi connectivity index (χ3n) is 6.55. The lowest BCUT2D eigenvalue weighted by molar-refractivity contribution is -0.129. The van der Waals surface area contributed by atoms with E-state index in [4.69, 9.17) is 9.47 Å². The molecule has 0 heterocycles. The summed E-state index contributed by atoms with van der Waals surface area (Å²) in [5, 5.41) is 0. The predicted molar refractivity (Wildman–Crippen MR) is 100 cm³/mol. The van der Waals surface area contributed by atoms with Gasteiger partial charge in [0.15, 0.2) is 5.78 Å². The van der Waals surface area contributed by atoms with Gasteiger partial charge in [0.25, 0.3) is 0 Å².